The molecule has 0 aliphatic rings. The van der Waals surface area contributed by atoms with Crippen LogP contribution in [0.4, 0.5) is 0 Å². The minimum atomic E-state index is 0. The van der Waals surface area contributed by atoms with E-state index in [9.17, 15) is 10.5 Å². The Balaban J connectivity index is 0.00000784. The number of para-hydroxylation sites is 2. The molecule has 5 nitrogen and oxygen atoms in total. The predicted molar refractivity (Wildman–Crippen MR) is 220 cm³/mol. The third-order valence-electron chi connectivity index (χ3n) is 10.3. The Bertz CT molecular complexity index is 1600. The van der Waals surface area contributed by atoms with Crippen molar-refractivity contribution in [3.63, 3.8) is 0 Å². The number of halogens is 1. The Hall–Kier alpha value is -4.10. The summed E-state index contributed by atoms with van der Waals surface area (Å²) in [6.45, 7) is 6.74. The van der Waals surface area contributed by atoms with Crippen LogP contribution in [0.15, 0.2) is 97.1 Å². The molecule has 0 N–H and O–H groups in total. The van der Waals surface area contributed by atoms with Crippen LogP contribution in [0.1, 0.15) is 115 Å². The maximum Gasteiger partial charge on any atom is 0.127 e. The van der Waals surface area contributed by atoms with Gasteiger partial charge in [0.05, 0.1) is 62.7 Å². The minimum Gasteiger partial charge on any atom is -1.00 e. The number of quaternary nitrogens is 1. The zero-order valence-electron chi connectivity index (χ0n) is 33.2. The number of ether oxygens (including phenoxy) is 2. The van der Waals surface area contributed by atoms with Gasteiger partial charge in [0, 0.05) is 24.0 Å². The Morgan fingerprint density at radius 3 is 1.24 bits per heavy atom. The van der Waals surface area contributed by atoms with E-state index in [1.165, 1.54) is 51.4 Å². The summed E-state index contributed by atoms with van der Waals surface area (Å²) in [6, 6.07) is 36.7. The van der Waals surface area contributed by atoms with E-state index >= 15 is 0 Å². The molecule has 0 saturated carbocycles. The van der Waals surface area contributed by atoms with Crippen molar-refractivity contribution in [2.45, 2.75) is 116 Å². The molecule has 4 aromatic carbocycles. The van der Waals surface area contributed by atoms with Gasteiger partial charge in [-0.15, -0.1) is 0 Å². The summed E-state index contributed by atoms with van der Waals surface area (Å²) in [5.74, 6) is 1.86. The lowest BCUT2D eigenvalue weighted by atomic mass is 10.0. The topological polar surface area (TPSA) is 66.0 Å². The number of rotatable bonds is 24. The fourth-order valence-electron chi connectivity index (χ4n) is 7.15. The summed E-state index contributed by atoms with van der Waals surface area (Å²) >= 11 is 0. The van der Waals surface area contributed by atoms with Gasteiger partial charge >= 0.3 is 0 Å². The van der Waals surface area contributed by atoms with Gasteiger partial charge in [0.25, 0.3) is 0 Å². The van der Waals surface area contributed by atoms with Crippen LogP contribution in [-0.2, 0) is 0 Å². The molecule has 0 saturated heterocycles. The van der Waals surface area contributed by atoms with Gasteiger partial charge < -0.3 is 30.9 Å². The van der Waals surface area contributed by atoms with E-state index in [-0.39, 0.29) is 29.2 Å². The van der Waals surface area contributed by atoms with Gasteiger partial charge in [-0.05, 0) is 86.1 Å². The number of hydrogen-bond donors (Lipinski definition) is 0. The molecule has 0 bridgehead atoms. The maximum atomic E-state index is 9.28. The molecular weight excluding hydrogens is 730 g/mol. The average molecular weight is 793 g/mol. The quantitative estimate of drug-likeness (QED) is 0.0524. The van der Waals surface area contributed by atoms with Crippen molar-refractivity contribution in [3.8, 4) is 45.9 Å². The molecule has 0 fully saturated rings. The Labute approximate surface area is 337 Å². The first kappa shape index (κ1) is 44.3. The highest BCUT2D eigenvalue weighted by atomic mass is 79.9. The zero-order valence-corrected chi connectivity index (χ0v) is 34.8. The minimum absolute atomic E-state index is 0. The molecule has 0 aromatic heterocycles. The summed E-state index contributed by atoms with van der Waals surface area (Å²) in [6.07, 6.45) is 16.6. The first-order valence-corrected chi connectivity index (χ1v) is 20.2. The second-order valence-corrected chi connectivity index (χ2v) is 15.2. The second-order valence-electron chi connectivity index (χ2n) is 15.2. The summed E-state index contributed by atoms with van der Waals surface area (Å²) in [5, 5.41) is 18.6. The van der Waals surface area contributed by atoms with E-state index in [0.29, 0.717) is 11.1 Å². The number of unbranched alkanes of at least 4 members (excludes halogenated alkanes) is 6. The predicted octanol–water partition coefficient (Wildman–Crippen LogP) is 9.54. The van der Waals surface area contributed by atoms with Crippen LogP contribution in [0, 0.1) is 22.7 Å². The smallest absolute Gasteiger partial charge is 0.127 e. The average Bonchev–Trinajstić information content (AvgIpc) is 3.18. The van der Waals surface area contributed by atoms with Crippen LogP contribution in [0.2, 0.25) is 0 Å². The molecular formula is C48H62BrN3O2. The molecule has 0 heterocycles. The van der Waals surface area contributed by atoms with Gasteiger partial charge in [-0.25, -0.2) is 0 Å². The summed E-state index contributed by atoms with van der Waals surface area (Å²) in [5.41, 5.74) is 5.65. The van der Waals surface area contributed by atoms with Crippen molar-refractivity contribution < 1.29 is 30.9 Å². The van der Waals surface area contributed by atoms with E-state index in [1.54, 1.807) is 0 Å². The highest BCUT2D eigenvalue weighted by Gasteiger charge is 2.21. The van der Waals surface area contributed by atoms with Crippen LogP contribution in [-0.4, -0.2) is 43.9 Å². The van der Waals surface area contributed by atoms with Crippen LogP contribution < -0.4 is 26.5 Å². The highest BCUT2D eigenvalue weighted by Crippen LogP contribution is 2.33. The first-order valence-electron chi connectivity index (χ1n) is 20.2. The number of benzene rings is 4. The van der Waals surface area contributed by atoms with E-state index in [1.807, 2.05) is 48.5 Å². The number of nitriles is 2. The van der Waals surface area contributed by atoms with E-state index in [2.05, 4.69) is 88.6 Å². The molecule has 0 aliphatic heterocycles. The lowest BCUT2D eigenvalue weighted by Crippen LogP contribution is -3.00. The van der Waals surface area contributed by atoms with Gasteiger partial charge in [0.2, 0.25) is 0 Å². The number of hydrogen-bond acceptors (Lipinski definition) is 4. The standard InChI is InChI=1S/C48H62N3O2.BrH/c1-5-7-9-11-19-43(52-47-25-15-13-23-45(47)41-31-27-39(37-49)28-32-41)21-17-35-51(3,4)36-18-22-44(20-12-10-8-6-2)53-48-26-16-14-24-46(48)42-33-29-40(38-50)30-34-42;/h13-16,23-34,43-44H,5-12,17-22,35-36H2,1-4H3;1H/q+1;/p-1. The van der Waals surface area contributed by atoms with Gasteiger partial charge in [0.15, 0.2) is 0 Å². The second kappa shape index (κ2) is 24.3. The Morgan fingerprint density at radius 2 is 0.870 bits per heavy atom. The van der Waals surface area contributed by atoms with E-state index in [4.69, 9.17) is 9.47 Å². The monoisotopic (exact) mass is 791 g/mol. The van der Waals surface area contributed by atoms with Crippen molar-refractivity contribution in [1.82, 2.24) is 0 Å². The fourth-order valence-corrected chi connectivity index (χ4v) is 7.15. The third kappa shape index (κ3) is 15.0. The summed E-state index contributed by atoms with van der Waals surface area (Å²) < 4.78 is 14.6. The van der Waals surface area contributed by atoms with Crippen LogP contribution in [0.5, 0.6) is 11.5 Å². The zero-order chi connectivity index (χ0) is 37.7. The fraction of sp³-hybridized carbons (Fsp3) is 0.458. The third-order valence-corrected chi connectivity index (χ3v) is 10.3. The van der Waals surface area contributed by atoms with Gasteiger partial charge in [-0.3, -0.25) is 0 Å². The van der Waals surface area contributed by atoms with Crippen molar-refractivity contribution in [1.29, 1.82) is 10.5 Å². The lowest BCUT2D eigenvalue weighted by Gasteiger charge is -2.31. The largest absolute Gasteiger partial charge is 1.00 e. The molecule has 288 valence electrons. The van der Waals surface area contributed by atoms with Crippen molar-refractivity contribution in [3.05, 3.63) is 108 Å². The molecule has 2 unspecified atom stereocenters. The molecule has 54 heavy (non-hydrogen) atoms. The normalized spacial score (nSPS) is 12.2. The molecule has 6 heteroatoms. The summed E-state index contributed by atoms with van der Waals surface area (Å²) in [7, 11) is 4.74. The molecule has 2 atom stereocenters. The van der Waals surface area contributed by atoms with E-state index in [0.717, 1.165) is 89.9 Å². The molecule has 0 spiro atoms. The first-order chi connectivity index (χ1) is 25.9. The molecule has 0 aliphatic carbocycles. The van der Waals surface area contributed by atoms with Gasteiger partial charge in [-0.2, -0.15) is 10.5 Å². The summed E-state index contributed by atoms with van der Waals surface area (Å²) in [4.78, 5) is 0. The number of nitrogens with zero attached hydrogens (tertiary/aromatic N) is 3. The van der Waals surface area contributed by atoms with Crippen LogP contribution >= 0.6 is 0 Å². The Morgan fingerprint density at radius 1 is 0.500 bits per heavy atom. The molecule has 0 amide bonds. The Kier molecular flexibility index (Phi) is 20.0. The van der Waals surface area contributed by atoms with Crippen molar-refractivity contribution in [2.75, 3.05) is 27.2 Å². The van der Waals surface area contributed by atoms with Crippen LogP contribution in [0.3, 0.4) is 0 Å². The molecule has 4 rings (SSSR count). The highest BCUT2D eigenvalue weighted by molar-refractivity contribution is 5.71. The maximum absolute atomic E-state index is 9.28. The van der Waals surface area contributed by atoms with E-state index < -0.39 is 0 Å². The SMILES string of the molecule is CCCCCCC(CCC[N+](C)(C)CCCC(CCCCCC)Oc1ccccc1-c1ccc(C#N)cc1)Oc1ccccc1-c1ccc(C#N)cc1.[Br-]. The molecule has 0 radical (unpaired) electrons. The lowest BCUT2D eigenvalue weighted by molar-refractivity contribution is -0.890. The molecule has 4 aromatic rings. The van der Waals surface area contributed by atoms with Crippen molar-refractivity contribution >= 4 is 0 Å². The van der Waals surface area contributed by atoms with Crippen LogP contribution in [0.25, 0.3) is 22.3 Å². The van der Waals surface area contributed by atoms with Gasteiger partial charge in [-0.1, -0.05) is 113 Å². The van der Waals surface area contributed by atoms with Crippen molar-refractivity contribution in [2.24, 2.45) is 0 Å². The van der Waals surface area contributed by atoms with Gasteiger partial charge in [0.1, 0.15) is 11.5 Å².